The number of carbonyl (C=O) groups excluding carboxylic acids is 2. The van der Waals surface area contributed by atoms with Gasteiger partial charge in [0.05, 0.1) is 13.7 Å². The van der Waals surface area contributed by atoms with E-state index in [1.165, 1.54) is 6.08 Å². The van der Waals surface area contributed by atoms with Gasteiger partial charge in [0.1, 0.15) is 18.1 Å². The summed E-state index contributed by atoms with van der Waals surface area (Å²) in [6.07, 6.45) is 2.88. The molecule has 1 N–H and O–H groups in total. The van der Waals surface area contributed by atoms with Gasteiger partial charge in [0.2, 0.25) is 0 Å². The van der Waals surface area contributed by atoms with Gasteiger partial charge in [0, 0.05) is 6.08 Å². The molecule has 0 saturated heterocycles. The molecule has 0 unspecified atom stereocenters. The zero-order valence-corrected chi connectivity index (χ0v) is 15.4. The zero-order valence-electron chi connectivity index (χ0n) is 15.4. The molecule has 0 spiro atoms. The molecule has 0 aliphatic heterocycles. The van der Waals surface area contributed by atoms with Crippen LogP contribution in [0.15, 0.2) is 54.6 Å². The fraction of sp³-hybridized carbons (Fsp3) is 0.238. The highest BCUT2D eigenvalue weighted by Gasteiger charge is 2.04. The van der Waals surface area contributed by atoms with Crippen LogP contribution in [0.3, 0.4) is 0 Å². The van der Waals surface area contributed by atoms with Crippen LogP contribution in [-0.4, -0.2) is 38.7 Å². The highest BCUT2D eigenvalue weighted by molar-refractivity contribution is 5.89. The molecular formula is C21H23NO5. The Morgan fingerprint density at radius 1 is 1.07 bits per heavy atom. The van der Waals surface area contributed by atoms with Crippen LogP contribution in [0.5, 0.6) is 11.5 Å². The summed E-state index contributed by atoms with van der Waals surface area (Å²) in [6.45, 7) is 2.30. The van der Waals surface area contributed by atoms with Crippen LogP contribution in [0.1, 0.15) is 11.1 Å². The summed E-state index contributed by atoms with van der Waals surface area (Å²) in [7, 11) is 1.59. The lowest BCUT2D eigenvalue weighted by molar-refractivity contribution is -0.143. The van der Waals surface area contributed by atoms with E-state index in [1.54, 1.807) is 25.3 Å². The van der Waals surface area contributed by atoms with E-state index < -0.39 is 5.97 Å². The fourth-order valence-electron chi connectivity index (χ4n) is 2.18. The molecule has 0 atom stereocenters. The number of hydrogen-bond acceptors (Lipinski definition) is 5. The molecule has 27 heavy (non-hydrogen) atoms. The first-order chi connectivity index (χ1) is 13.1. The summed E-state index contributed by atoms with van der Waals surface area (Å²) >= 11 is 0. The molecule has 142 valence electrons. The van der Waals surface area contributed by atoms with Gasteiger partial charge in [-0.15, -0.1) is 0 Å². The Hall–Kier alpha value is -3.28. The number of rotatable bonds is 9. The molecule has 0 fully saturated rings. The van der Waals surface area contributed by atoms with Crippen molar-refractivity contribution in [3.8, 4) is 11.5 Å². The van der Waals surface area contributed by atoms with E-state index in [0.29, 0.717) is 13.2 Å². The maximum atomic E-state index is 11.7. The Balaban J connectivity index is 1.62. The second kappa shape index (κ2) is 10.7. The Bertz CT molecular complexity index is 783. The van der Waals surface area contributed by atoms with E-state index in [9.17, 15) is 9.59 Å². The Kier molecular flexibility index (Phi) is 7.91. The molecule has 0 radical (unpaired) electrons. The van der Waals surface area contributed by atoms with Crippen molar-refractivity contribution in [3.63, 3.8) is 0 Å². The van der Waals surface area contributed by atoms with E-state index in [-0.39, 0.29) is 12.5 Å². The van der Waals surface area contributed by atoms with Gasteiger partial charge in [-0.3, -0.25) is 4.79 Å². The van der Waals surface area contributed by atoms with Crippen LogP contribution in [0, 0.1) is 6.92 Å². The van der Waals surface area contributed by atoms with Crippen molar-refractivity contribution >= 4 is 18.0 Å². The summed E-state index contributed by atoms with van der Waals surface area (Å²) in [6, 6.07) is 14.8. The number of carbonyl (C=O) groups is 2. The Morgan fingerprint density at radius 3 is 2.56 bits per heavy atom. The number of benzene rings is 2. The minimum atomic E-state index is -0.586. The van der Waals surface area contributed by atoms with Crippen LogP contribution >= 0.6 is 0 Å². The number of hydrogen-bond donors (Lipinski definition) is 1. The van der Waals surface area contributed by atoms with Crippen molar-refractivity contribution < 1.29 is 23.8 Å². The fourth-order valence-corrected chi connectivity index (χ4v) is 2.18. The van der Waals surface area contributed by atoms with E-state index in [4.69, 9.17) is 14.2 Å². The number of esters is 1. The third-order valence-corrected chi connectivity index (χ3v) is 3.56. The maximum absolute atomic E-state index is 11.7. The van der Waals surface area contributed by atoms with E-state index >= 15 is 0 Å². The summed E-state index contributed by atoms with van der Waals surface area (Å²) in [5.41, 5.74) is 1.93. The summed E-state index contributed by atoms with van der Waals surface area (Å²) in [5.74, 6) is 0.517. The second-order valence-corrected chi connectivity index (χ2v) is 5.73. The lowest BCUT2D eigenvalue weighted by atomic mass is 10.2. The number of ether oxygens (including phenoxy) is 3. The normalized spacial score (nSPS) is 10.4. The van der Waals surface area contributed by atoms with Crippen LogP contribution in [-0.2, 0) is 14.3 Å². The number of amides is 1. The van der Waals surface area contributed by atoms with Gasteiger partial charge in [-0.1, -0.05) is 24.3 Å². The molecule has 2 aromatic rings. The third kappa shape index (κ3) is 7.64. The highest BCUT2D eigenvalue weighted by atomic mass is 16.5. The largest absolute Gasteiger partial charge is 0.497 e. The van der Waals surface area contributed by atoms with Crippen molar-refractivity contribution in [2.75, 3.05) is 26.9 Å². The topological polar surface area (TPSA) is 73.9 Å². The zero-order chi connectivity index (χ0) is 19.5. The van der Waals surface area contributed by atoms with Crippen LogP contribution < -0.4 is 14.8 Å². The maximum Gasteiger partial charge on any atom is 0.331 e. The van der Waals surface area contributed by atoms with E-state index in [1.807, 2.05) is 43.3 Å². The smallest absolute Gasteiger partial charge is 0.331 e. The predicted molar refractivity (Wildman–Crippen MR) is 103 cm³/mol. The van der Waals surface area contributed by atoms with Crippen LogP contribution in [0.4, 0.5) is 0 Å². The van der Waals surface area contributed by atoms with Crippen LogP contribution in [0.25, 0.3) is 6.08 Å². The molecule has 2 rings (SSSR count). The van der Waals surface area contributed by atoms with Crippen molar-refractivity contribution in [1.29, 1.82) is 0 Å². The average molecular weight is 369 g/mol. The van der Waals surface area contributed by atoms with Gasteiger partial charge < -0.3 is 19.5 Å². The molecule has 0 saturated carbocycles. The first-order valence-electron chi connectivity index (χ1n) is 8.52. The summed E-state index contributed by atoms with van der Waals surface area (Å²) in [4.78, 5) is 23.3. The lowest BCUT2D eigenvalue weighted by Gasteiger charge is -2.08. The minimum Gasteiger partial charge on any atom is -0.497 e. The first kappa shape index (κ1) is 20.0. The van der Waals surface area contributed by atoms with Crippen molar-refractivity contribution in [2.45, 2.75) is 6.92 Å². The van der Waals surface area contributed by atoms with E-state index in [0.717, 1.165) is 22.6 Å². The molecular weight excluding hydrogens is 346 g/mol. The Labute approximate surface area is 158 Å². The quantitative estimate of drug-likeness (QED) is 0.418. The predicted octanol–water partition coefficient (Wildman–Crippen LogP) is 2.76. The molecule has 1 amide bonds. The molecule has 0 aliphatic carbocycles. The molecule has 0 heterocycles. The lowest BCUT2D eigenvalue weighted by Crippen LogP contribution is -2.31. The number of aryl methyl sites for hydroxylation is 1. The second-order valence-electron chi connectivity index (χ2n) is 5.73. The van der Waals surface area contributed by atoms with Crippen molar-refractivity contribution in [1.82, 2.24) is 5.32 Å². The standard InChI is InChI=1S/C21H23NO5/c1-16-4-3-5-19(14-16)26-13-12-22-20(23)15-27-21(24)11-8-17-6-9-18(25-2)10-7-17/h3-11,14H,12-13,15H2,1-2H3,(H,22,23)/b11-8+. The summed E-state index contributed by atoms with van der Waals surface area (Å²) in [5, 5.41) is 2.63. The SMILES string of the molecule is COc1ccc(/C=C/C(=O)OCC(=O)NCCOc2cccc(C)c2)cc1. The monoisotopic (exact) mass is 369 g/mol. The molecule has 6 nitrogen and oxygen atoms in total. The third-order valence-electron chi connectivity index (χ3n) is 3.56. The van der Waals surface area contributed by atoms with Crippen molar-refractivity contribution in [3.05, 3.63) is 65.7 Å². The van der Waals surface area contributed by atoms with Gasteiger partial charge in [-0.25, -0.2) is 4.79 Å². The molecule has 0 aromatic heterocycles. The summed E-state index contributed by atoms with van der Waals surface area (Å²) < 4.78 is 15.5. The molecule has 6 heteroatoms. The average Bonchev–Trinajstić information content (AvgIpc) is 2.68. The number of methoxy groups -OCH3 is 1. The van der Waals surface area contributed by atoms with Gasteiger partial charge in [0.15, 0.2) is 6.61 Å². The number of nitrogens with one attached hydrogen (secondary N) is 1. The van der Waals surface area contributed by atoms with Gasteiger partial charge >= 0.3 is 5.97 Å². The Morgan fingerprint density at radius 2 is 1.85 bits per heavy atom. The highest BCUT2D eigenvalue weighted by Crippen LogP contribution is 2.12. The minimum absolute atomic E-state index is 0.325. The first-order valence-corrected chi connectivity index (χ1v) is 8.52. The van der Waals surface area contributed by atoms with Gasteiger partial charge in [-0.05, 0) is 48.4 Å². The van der Waals surface area contributed by atoms with Crippen LogP contribution in [0.2, 0.25) is 0 Å². The molecule has 2 aromatic carbocycles. The van der Waals surface area contributed by atoms with Gasteiger partial charge in [-0.2, -0.15) is 0 Å². The van der Waals surface area contributed by atoms with Gasteiger partial charge in [0.25, 0.3) is 5.91 Å². The molecule has 0 aliphatic rings. The van der Waals surface area contributed by atoms with Crippen molar-refractivity contribution in [2.24, 2.45) is 0 Å². The van der Waals surface area contributed by atoms with E-state index in [2.05, 4.69) is 5.32 Å². The molecule has 0 bridgehead atoms.